The molecule has 0 saturated heterocycles. The normalized spacial score (nSPS) is 10.4. The van der Waals surface area contributed by atoms with Gasteiger partial charge in [-0.05, 0) is 6.07 Å². The highest BCUT2D eigenvalue weighted by molar-refractivity contribution is 6.30. The topological polar surface area (TPSA) is 71.6 Å². The van der Waals surface area contributed by atoms with E-state index in [9.17, 15) is 0 Å². The van der Waals surface area contributed by atoms with Gasteiger partial charge in [0.1, 0.15) is 0 Å². The maximum atomic E-state index is 8.97. The van der Waals surface area contributed by atoms with Gasteiger partial charge in [0.25, 0.3) is 0 Å². The molecule has 0 bridgehead atoms. The first-order valence-electron chi connectivity index (χ1n) is 4.94. The Balaban J connectivity index is 2.82. The van der Waals surface area contributed by atoms with Gasteiger partial charge < -0.3 is 20.5 Å². The minimum atomic E-state index is 0.0352. The summed E-state index contributed by atoms with van der Waals surface area (Å²) in [6, 6.07) is 1.64. The number of ether oxygens (including phenoxy) is 1. The molecule has 3 N–H and O–H groups in total. The van der Waals surface area contributed by atoms with Crippen LogP contribution in [-0.2, 0) is 4.74 Å². The summed E-state index contributed by atoms with van der Waals surface area (Å²) in [6.07, 6.45) is 1.53. The highest BCUT2D eigenvalue weighted by atomic mass is 35.5. The van der Waals surface area contributed by atoms with E-state index in [2.05, 4.69) is 4.98 Å². The Labute approximate surface area is 99.8 Å². The Hall–Kier alpha value is -1.04. The first-order chi connectivity index (χ1) is 7.69. The van der Waals surface area contributed by atoms with Crippen molar-refractivity contribution in [1.29, 1.82) is 0 Å². The van der Waals surface area contributed by atoms with E-state index in [4.69, 9.17) is 27.2 Å². The van der Waals surface area contributed by atoms with Gasteiger partial charge in [0.05, 0.1) is 23.9 Å². The zero-order valence-electron chi connectivity index (χ0n) is 9.19. The van der Waals surface area contributed by atoms with Crippen LogP contribution in [0.1, 0.15) is 0 Å². The predicted molar refractivity (Wildman–Crippen MR) is 64.8 cm³/mol. The Morgan fingerprint density at radius 2 is 2.31 bits per heavy atom. The van der Waals surface area contributed by atoms with E-state index >= 15 is 0 Å². The average Bonchev–Trinajstić information content (AvgIpc) is 2.25. The van der Waals surface area contributed by atoms with Gasteiger partial charge in [0, 0.05) is 26.4 Å². The van der Waals surface area contributed by atoms with Gasteiger partial charge in [0.2, 0.25) is 0 Å². The second-order valence-electron chi connectivity index (χ2n) is 3.27. The molecule has 0 spiro atoms. The number of rotatable bonds is 6. The van der Waals surface area contributed by atoms with E-state index in [1.807, 2.05) is 4.90 Å². The van der Waals surface area contributed by atoms with Crippen molar-refractivity contribution in [3.05, 3.63) is 17.3 Å². The number of aromatic nitrogens is 1. The lowest BCUT2D eigenvalue weighted by Crippen LogP contribution is -2.31. The lowest BCUT2D eigenvalue weighted by molar-refractivity contribution is 0.202. The van der Waals surface area contributed by atoms with Crippen molar-refractivity contribution < 1.29 is 9.84 Å². The maximum absolute atomic E-state index is 8.97. The van der Waals surface area contributed by atoms with Gasteiger partial charge >= 0.3 is 0 Å². The van der Waals surface area contributed by atoms with Crippen LogP contribution in [0.5, 0.6) is 0 Å². The van der Waals surface area contributed by atoms with Gasteiger partial charge in [-0.2, -0.15) is 0 Å². The largest absolute Gasteiger partial charge is 0.396 e. The Morgan fingerprint density at radius 3 is 2.88 bits per heavy atom. The lowest BCUT2D eigenvalue weighted by Gasteiger charge is -2.23. The molecule has 0 fully saturated rings. The van der Waals surface area contributed by atoms with Crippen molar-refractivity contribution in [2.24, 2.45) is 0 Å². The molecule has 1 aromatic heterocycles. The van der Waals surface area contributed by atoms with Crippen molar-refractivity contribution >= 4 is 23.1 Å². The second kappa shape index (κ2) is 6.52. The maximum Gasteiger partial charge on any atom is 0.152 e. The number of anilines is 2. The summed E-state index contributed by atoms with van der Waals surface area (Å²) in [4.78, 5) is 6.01. The molecule has 0 unspecified atom stereocenters. The smallest absolute Gasteiger partial charge is 0.152 e. The number of pyridine rings is 1. The molecule has 16 heavy (non-hydrogen) atoms. The first kappa shape index (κ1) is 13.0. The third-order valence-corrected chi connectivity index (χ3v) is 2.30. The SMILES string of the molecule is COCCN(CCO)c1ncc(Cl)cc1N. The highest BCUT2D eigenvalue weighted by Gasteiger charge is 2.10. The van der Waals surface area contributed by atoms with Crippen LogP contribution in [0.25, 0.3) is 0 Å². The van der Waals surface area contributed by atoms with Crippen molar-refractivity contribution in [2.75, 3.05) is 44.0 Å². The third-order valence-electron chi connectivity index (χ3n) is 2.10. The first-order valence-corrected chi connectivity index (χ1v) is 5.32. The minimum Gasteiger partial charge on any atom is -0.396 e. The summed E-state index contributed by atoms with van der Waals surface area (Å²) in [6.45, 7) is 1.66. The van der Waals surface area contributed by atoms with Gasteiger partial charge in [-0.25, -0.2) is 4.98 Å². The van der Waals surface area contributed by atoms with Crippen LogP contribution >= 0.6 is 11.6 Å². The fraction of sp³-hybridized carbons (Fsp3) is 0.500. The molecule has 1 rings (SSSR count). The highest BCUT2D eigenvalue weighted by Crippen LogP contribution is 2.22. The van der Waals surface area contributed by atoms with Crippen molar-refractivity contribution in [1.82, 2.24) is 4.98 Å². The van der Waals surface area contributed by atoms with Gasteiger partial charge in [-0.3, -0.25) is 0 Å². The molecule has 0 aromatic carbocycles. The molecule has 1 heterocycles. The van der Waals surface area contributed by atoms with Crippen LogP contribution in [0.15, 0.2) is 12.3 Å². The van der Waals surface area contributed by atoms with E-state index in [1.165, 1.54) is 6.20 Å². The summed E-state index contributed by atoms with van der Waals surface area (Å²) in [7, 11) is 1.62. The monoisotopic (exact) mass is 245 g/mol. The van der Waals surface area contributed by atoms with Crippen LogP contribution in [0.4, 0.5) is 11.5 Å². The third kappa shape index (κ3) is 3.52. The number of nitrogen functional groups attached to an aromatic ring is 1. The van der Waals surface area contributed by atoms with Gasteiger partial charge in [0.15, 0.2) is 5.82 Å². The van der Waals surface area contributed by atoms with E-state index < -0.39 is 0 Å². The van der Waals surface area contributed by atoms with E-state index in [-0.39, 0.29) is 6.61 Å². The van der Waals surface area contributed by atoms with Crippen LogP contribution in [0, 0.1) is 0 Å². The number of aliphatic hydroxyl groups excluding tert-OH is 1. The van der Waals surface area contributed by atoms with E-state index in [0.717, 1.165) is 0 Å². The Kier molecular flexibility index (Phi) is 5.31. The zero-order chi connectivity index (χ0) is 12.0. The van der Waals surface area contributed by atoms with E-state index in [1.54, 1.807) is 13.2 Å². The molecule has 0 aliphatic rings. The molecule has 5 nitrogen and oxygen atoms in total. The number of methoxy groups -OCH3 is 1. The average molecular weight is 246 g/mol. The molecule has 0 saturated carbocycles. The molecule has 90 valence electrons. The van der Waals surface area contributed by atoms with Crippen LogP contribution in [0.3, 0.4) is 0 Å². The van der Waals surface area contributed by atoms with Crippen molar-refractivity contribution in [3.63, 3.8) is 0 Å². The Morgan fingerprint density at radius 1 is 1.56 bits per heavy atom. The lowest BCUT2D eigenvalue weighted by atomic mass is 10.3. The number of nitrogens with two attached hydrogens (primary N) is 1. The minimum absolute atomic E-state index is 0.0352. The summed E-state index contributed by atoms with van der Waals surface area (Å²) in [5.74, 6) is 0.621. The summed E-state index contributed by atoms with van der Waals surface area (Å²) in [5.41, 5.74) is 6.31. The van der Waals surface area contributed by atoms with Crippen molar-refractivity contribution in [2.45, 2.75) is 0 Å². The fourth-order valence-electron chi connectivity index (χ4n) is 1.36. The van der Waals surface area contributed by atoms with E-state index in [0.29, 0.717) is 36.2 Å². The molecule has 0 aliphatic carbocycles. The van der Waals surface area contributed by atoms with Crippen molar-refractivity contribution in [3.8, 4) is 0 Å². The van der Waals surface area contributed by atoms with Crippen LogP contribution in [-0.4, -0.2) is 43.5 Å². The number of aliphatic hydroxyl groups is 1. The second-order valence-corrected chi connectivity index (χ2v) is 3.71. The summed E-state index contributed by atoms with van der Waals surface area (Å²) >= 11 is 5.77. The number of nitrogens with zero attached hydrogens (tertiary/aromatic N) is 2. The standard InChI is InChI=1S/C10H16ClN3O2/c1-16-5-3-14(2-4-15)10-9(12)6-8(11)7-13-10/h6-7,15H,2-5,12H2,1H3. The summed E-state index contributed by atoms with van der Waals surface area (Å²) in [5, 5.41) is 9.46. The van der Waals surface area contributed by atoms with Crippen LogP contribution in [0.2, 0.25) is 5.02 Å². The molecule has 1 aromatic rings. The molecule has 0 amide bonds. The molecule has 0 aliphatic heterocycles. The predicted octanol–water partition coefficient (Wildman–Crippen LogP) is 0.762. The molecular weight excluding hydrogens is 230 g/mol. The molecule has 0 radical (unpaired) electrons. The number of hydrogen-bond donors (Lipinski definition) is 2. The van der Waals surface area contributed by atoms with Gasteiger partial charge in [-0.1, -0.05) is 11.6 Å². The fourth-order valence-corrected chi connectivity index (χ4v) is 1.52. The summed E-state index contributed by atoms with van der Waals surface area (Å²) < 4.78 is 4.99. The Bertz CT molecular complexity index is 336. The van der Waals surface area contributed by atoms with Gasteiger partial charge in [-0.15, -0.1) is 0 Å². The number of halogens is 1. The quantitative estimate of drug-likeness (QED) is 0.774. The number of hydrogen-bond acceptors (Lipinski definition) is 5. The zero-order valence-corrected chi connectivity index (χ0v) is 9.94. The van der Waals surface area contributed by atoms with Crippen LogP contribution < -0.4 is 10.6 Å². The molecule has 0 atom stereocenters. The molecular formula is C10H16ClN3O2. The molecule has 6 heteroatoms.